The van der Waals surface area contributed by atoms with E-state index in [0.717, 1.165) is 17.2 Å². The van der Waals surface area contributed by atoms with Gasteiger partial charge in [-0.25, -0.2) is 8.78 Å². The Labute approximate surface area is 103 Å². The van der Waals surface area contributed by atoms with Crippen molar-refractivity contribution < 1.29 is 8.78 Å². The molecule has 90 valence electrons. The summed E-state index contributed by atoms with van der Waals surface area (Å²) >= 11 is 0. The molecule has 18 heavy (non-hydrogen) atoms. The molecule has 4 heteroatoms. The van der Waals surface area contributed by atoms with Gasteiger partial charge >= 0.3 is 0 Å². The lowest BCUT2D eigenvalue weighted by molar-refractivity contribution is 0.583. The van der Waals surface area contributed by atoms with Crippen LogP contribution in [0.25, 0.3) is 0 Å². The first kappa shape index (κ1) is 10.9. The van der Waals surface area contributed by atoms with Gasteiger partial charge < -0.3 is 4.90 Å². The van der Waals surface area contributed by atoms with Gasteiger partial charge in [-0.1, -0.05) is 24.3 Å². The normalized spacial score (nSPS) is 13.9. The average Bonchev–Trinajstić information content (AvgIpc) is 2.66. The lowest BCUT2D eigenvalue weighted by Crippen LogP contribution is -2.23. The van der Waals surface area contributed by atoms with Gasteiger partial charge in [0, 0.05) is 17.3 Å². The van der Waals surface area contributed by atoms with E-state index in [2.05, 4.69) is 0 Å². The van der Waals surface area contributed by atoms with Crippen molar-refractivity contribution in [2.75, 3.05) is 4.90 Å². The van der Waals surface area contributed by atoms with Crippen molar-refractivity contribution in [3.05, 3.63) is 65.2 Å². The summed E-state index contributed by atoms with van der Waals surface area (Å²) in [6.07, 6.45) is 0. The van der Waals surface area contributed by atoms with Gasteiger partial charge in [-0.05, 0) is 17.7 Å². The zero-order valence-corrected chi connectivity index (χ0v) is 9.45. The van der Waals surface area contributed by atoms with E-state index in [0.29, 0.717) is 12.2 Å². The summed E-state index contributed by atoms with van der Waals surface area (Å²) in [4.78, 5) is 1.59. The third-order valence-corrected chi connectivity index (χ3v) is 3.03. The van der Waals surface area contributed by atoms with Crippen molar-refractivity contribution in [1.29, 1.82) is 5.41 Å². The van der Waals surface area contributed by atoms with Crippen molar-refractivity contribution >= 4 is 11.5 Å². The molecule has 0 radical (unpaired) electrons. The van der Waals surface area contributed by atoms with Crippen molar-refractivity contribution in [2.24, 2.45) is 0 Å². The maximum Gasteiger partial charge on any atom is 0.133 e. The second-order valence-electron chi connectivity index (χ2n) is 4.22. The molecule has 2 aromatic rings. The third-order valence-electron chi connectivity index (χ3n) is 3.03. The van der Waals surface area contributed by atoms with Crippen molar-refractivity contribution in [3.8, 4) is 0 Å². The predicted octanol–water partition coefficient (Wildman–Crippen LogP) is 3.31. The number of halogens is 2. The summed E-state index contributed by atoms with van der Waals surface area (Å²) < 4.78 is 26.4. The molecule has 0 atom stereocenters. The number of rotatable bonds is 1. The van der Waals surface area contributed by atoms with Crippen LogP contribution in [0.1, 0.15) is 11.1 Å². The first-order valence-corrected chi connectivity index (χ1v) is 5.55. The number of fused-ring (bicyclic) bond motifs is 1. The van der Waals surface area contributed by atoms with Crippen LogP contribution >= 0.6 is 0 Å². The minimum absolute atomic E-state index is 0.274. The summed E-state index contributed by atoms with van der Waals surface area (Å²) in [7, 11) is 0. The first-order valence-electron chi connectivity index (χ1n) is 5.55. The van der Waals surface area contributed by atoms with E-state index in [4.69, 9.17) is 5.41 Å². The van der Waals surface area contributed by atoms with Gasteiger partial charge in [0.15, 0.2) is 0 Å². The van der Waals surface area contributed by atoms with E-state index >= 15 is 0 Å². The fraction of sp³-hybridized carbons (Fsp3) is 0.0714. The molecule has 0 spiro atoms. The van der Waals surface area contributed by atoms with Crippen LogP contribution in [0.15, 0.2) is 42.5 Å². The van der Waals surface area contributed by atoms with E-state index in [1.807, 2.05) is 24.3 Å². The zero-order valence-electron chi connectivity index (χ0n) is 9.45. The second kappa shape index (κ2) is 3.91. The largest absolute Gasteiger partial charge is 0.322 e. The van der Waals surface area contributed by atoms with Crippen molar-refractivity contribution in [2.45, 2.75) is 6.54 Å². The maximum atomic E-state index is 13.2. The molecule has 2 nitrogen and oxygen atoms in total. The first-order chi connectivity index (χ1) is 8.65. The lowest BCUT2D eigenvalue weighted by atomic mass is 10.1. The summed E-state index contributed by atoms with van der Waals surface area (Å²) in [5.74, 6) is -0.988. The number of hydrogen-bond donors (Lipinski definition) is 1. The molecule has 1 N–H and O–H groups in total. The Kier molecular flexibility index (Phi) is 2.37. The van der Waals surface area contributed by atoms with E-state index in [1.54, 1.807) is 4.90 Å². The molecule has 0 unspecified atom stereocenters. The lowest BCUT2D eigenvalue weighted by Gasteiger charge is -2.18. The van der Waals surface area contributed by atoms with Crippen LogP contribution in [0.2, 0.25) is 0 Å². The zero-order chi connectivity index (χ0) is 12.7. The van der Waals surface area contributed by atoms with Crippen LogP contribution < -0.4 is 4.90 Å². The third kappa shape index (κ3) is 1.66. The Bertz CT molecular complexity index is 617. The molecule has 1 aliphatic rings. The maximum absolute atomic E-state index is 13.2. The SMILES string of the molecule is N=C1c2ccccc2CN1c1cc(F)cc(F)c1. The number of benzene rings is 2. The highest BCUT2D eigenvalue weighted by Gasteiger charge is 2.25. The minimum Gasteiger partial charge on any atom is -0.322 e. The fourth-order valence-corrected chi connectivity index (χ4v) is 2.20. The van der Waals surface area contributed by atoms with E-state index in [9.17, 15) is 8.78 Å². The van der Waals surface area contributed by atoms with Gasteiger partial charge in [0.2, 0.25) is 0 Å². The second-order valence-corrected chi connectivity index (χ2v) is 4.22. The molecule has 0 bridgehead atoms. The number of nitrogens with one attached hydrogen (secondary N) is 1. The topological polar surface area (TPSA) is 27.1 Å². The summed E-state index contributed by atoms with van der Waals surface area (Å²) in [6.45, 7) is 0.470. The van der Waals surface area contributed by atoms with Crippen LogP contribution in [0.5, 0.6) is 0 Å². The van der Waals surface area contributed by atoms with E-state index < -0.39 is 11.6 Å². The molecule has 0 saturated heterocycles. The van der Waals surface area contributed by atoms with E-state index in [1.165, 1.54) is 12.1 Å². The smallest absolute Gasteiger partial charge is 0.133 e. The molecular weight excluding hydrogens is 234 g/mol. The molecular formula is C14H10F2N2. The number of hydrogen-bond acceptors (Lipinski definition) is 1. The monoisotopic (exact) mass is 244 g/mol. The fourth-order valence-electron chi connectivity index (χ4n) is 2.20. The Hall–Kier alpha value is -2.23. The Balaban J connectivity index is 2.04. The highest BCUT2D eigenvalue weighted by atomic mass is 19.1. The summed E-state index contributed by atoms with van der Waals surface area (Å²) in [5, 5.41) is 8.05. The van der Waals surface area contributed by atoms with Gasteiger partial charge in [0.1, 0.15) is 17.5 Å². The highest BCUT2D eigenvalue weighted by Crippen LogP contribution is 2.28. The van der Waals surface area contributed by atoms with Gasteiger partial charge in [-0.2, -0.15) is 0 Å². The Morgan fingerprint density at radius 1 is 1.00 bits per heavy atom. The van der Waals surface area contributed by atoms with E-state index in [-0.39, 0.29) is 5.84 Å². The summed E-state index contributed by atoms with van der Waals surface area (Å²) in [5.41, 5.74) is 2.17. The summed E-state index contributed by atoms with van der Waals surface area (Å²) in [6, 6.07) is 10.8. The standard InChI is InChI=1S/C14H10F2N2/c15-10-5-11(16)7-12(6-10)18-8-9-3-1-2-4-13(9)14(18)17/h1-7,17H,8H2. The van der Waals surface area contributed by atoms with Crippen LogP contribution in [0.3, 0.4) is 0 Å². The number of amidine groups is 1. The van der Waals surface area contributed by atoms with Gasteiger partial charge in [-0.15, -0.1) is 0 Å². The van der Waals surface area contributed by atoms with Crippen LogP contribution in [-0.4, -0.2) is 5.84 Å². The molecule has 1 heterocycles. The number of nitrogens with zero attached hydrogens (tertiary/aromatic N) is 1. The minimum atomic E-state index is -0.631. The number of anilines is 1. The van der Waals surface area contributed by atoms with Crippen LogP contribution in [0, 0.1) is 17.0 Å². The quantitative estimate of drug-likeness (QED) is 0.818. The Morgan fingerprint density at radius 3 is 2.33 bits per heavy atom. The molecule has 0 saturated carbocycles. The molecule has 0 aliphatic carbocycles. The molecule has 0 fully saturated rings. The highest BCUT2D eigenvalue weighted by molar-refractivity contribution is 6.11. The molecule has 0 aromatic heterocycles. The van der Waals surface area contributed by atoms with Crippen LogP contribution in [0.4, 0.5) is 14.5 Å². The molecule has 1 aliphatic heterocycles. The van der Waals surface area contributed by atoms with Gasteiger partial charge in [0.25, 0.3) is 0 Å². The molecule has 3 rings (SSSR count). The average molecular weight is 244 g/mol. The molecule has 0 amide bonds. The van der Waals surface area contributed by atoms with Crippen LogP contribution in [-0.2, 0) is 6.54 Å². The predicted molar refractivity (Wildman–Crippen MR) is 65.8 cm³/mol. The van der Waals surface area contributed by atoms with Gasteiger partial charge in [-0.3, -0.25) is 5.41 Å². The van der Waals surface area contributed by atoms with Gasteiger partial charge in [0.05, 0.1) is 6.54 Å². The van der Waals surface area contributed by atoms with Crippen molar-refractivity contribution in [1.82, 2.24) is 0 Å². The molecule has 2 aromatic carbocycles. The van der Waals surface area contributed by atoms with Crippen molar-refractivity contribution in [3.63, 3.8) is 0 Å². The Morgan fingerprint density at radius 2 is 1.67 bits per heavy atom.